The summed E-state index contributed by atoms with van der Waals surface area (Å²) in [6.45, 7) is 3.67. The molecule has 0 amide bonds. The lowest BCUT2D eigenvalue weighted by atomic mass is 9.72. The van der Waals surface area contributed by atoms with Crippen molar-refractivity contribution in [3.05, 3.63) is 144 Å². The van der Waals surface area contributed by atoms with Gasteiger partial charge in [0.1, 0.15) is 0 Å². The lowest BCUT2D eigenvalue weighted by Crippen LogP contribution is -2.54. The van der Waals surface area contributed by atoms with E-state index in [1.807, 2.05) is 62.4 Å². The number of aromatic nitrogens is 4. The molecule has 252 valence electrons. The molecule has 0 N–H and O–H groups in total. The minimum absolute atomic E-state index is 0.102. The average Bonchev–Trinajstić information content (AvgIpc) is 3.10. The van der Waals surface area contributed by atoms with Crippen LogP contribution in [0.3, 0.4) is 0 Å². The molecule has 0 bridgehead atoms. The maximum Gasteiger partial charge on any atom is 0.411 e. The van der Waals surface area contributed by atoms with E-state index in [1.165, 1.54) is 24.3 Å². The van der Waals surface area contributed by atoms with E-state index in [-0.39, 0.29) is 11.3 Å². The Labute approximate surface area is 287 Å². The van der Waals surface area contributed by atoms with Gasteiger partial charge >= 0.3 is 12.4 Å². The zero-order chi connectivity index (χ0) is 35.7. The molecule has 0 fully saturated rings. The molecule has 0 unspecified atom stereocenters. The summed E-state index contributed by atoms with van der Waals surface area (Å²) in [6.07, 6.45) is -11.5. The molecule has 0 spiro atoms. The molecule has 0 aliphatic rings. The van der Waals surface area contributed by atoms with Crippen LogP contribution in [0.5, 0.6) is 0 Å². The number of fused-ring (bicyclic) bond motifs is 6. The van der Waals surface area contributed by atoms with Gasteiger partial charge in [-0.25, -0.2) is 9.97 Å². The first-order valence-corrected chi connectivity index (χ1v) is 16.0. The second kappa shape index (κ2) is 11.6. The van der Waals surface area contributed by atoms with Gasteiger partial charge in [-0.2, -0.15) is 26.3 Å². The number of halogens is 6. The van der Waals surface area contributed by atoms with Crippen molar-refractivity contribution in [3.8, 4) is 22.5 Å². The maximum atomic E-state index is 15.2. The lowest BCUT2D eigenvalue weighted by molar-refractivity contribution is -0.288. The standard InChI is InChI=1S/C41H26F6N4/c1-23-6-8-26-10-12-28-16-20-33(50-37(28)35(26)48-23)25-14-18-31(19-15-25)39(40(42,43)44,41(45,46)47)32-5-3-4-30(22-32)34-21-17-29-13-11-27-9-7-24(2)49-36(27)38(29)51-34/h3-22H,1-2H3. The Morgan fingerprint density at radius 2 is 0.804 bits per heavy atom. The first-order valence-electron chi connectivity index (χ1n) is 16.0. The Morgan fingerprint density at radius 3 is 1.27 bits per heavy atom. The Morgan fingerprint density at radius 1 is 0.392 bits per heavy atom. The minimum Gasteiger partial charge on any atom is -0.251 e. The molecule has 4 aromatic heterocycles. The fourth-order valence-electron chi connectivity index (χ4n) is 6.84. The van der Waals surface area contributed by atoms with E-state index in [9.17, 15) is 0 Å². The van der Waals surface area contributed by atoms with Gasteiger partial charge in [0.05, 0.1) is 33.5 Å². The van der Waals surface area contributed by atoms with E-state index in [2.05, 4.69) is 15.0 Å². The zero-order valence-corrected chi connectivity index (χ0v) is 27.1. The summed E-state index contributed by atoms with van der Waals surface area (Å²) in [6, 6.07) is 30.5. The van der Waals surface area contributed by atoms with Crippen molar-refractivity contribution in [2.45, 2.75) is 31.6 Å². The van der Waals surface area contributed by atoms with E-state index < -0.39 is 28.9 Å². The summed E-state index contributed by atoms with van der Waals surface area (Å²) in [5, 5.41) is 3.20. The van der Waals surface area contributed by atoms with Gasteiger partial charge in [0.15, 0.2) is 0 Å². The SMILES string of the molecule is Cc1ccc2ccc3ccc(-c4ccc(C(c5cccc(-c6ccc7ccc8ccc(C)nc8c7n6)c5)(C(F)(F)F)C(F)(F)F)cc4)nc3c2n1. The first kappa shape index (κ1) is 32.3. The number of hydrogen-bond donors (Lipinski definition) is 0. The summed E-state index contributed by atoms with van der Waals surface area (Å²) in [5.41, 5.74) is -1.39. The van der Waals surface area contributed by atoms with Crippen LogP contribution in [0.15, 0.2) is 121 Å². The van der Waals surface area contributed by atoms with E-state index in [0.29, 0.717) is 33.3 Å². The molecule has 10 heteroatoms. The summed E-state index contributed by atoms with van der Waals surface area (Å²) in [5.74, 6) is 0. The third-order valence-electron chi connectivity index (χ3n) is 9.37. The number of benzene rings is 4. The fourth-order valence-corrected chi connectivity index (χ4v) is 6.84. The van der Waals surface area contributed by atoms with Gasteiger partial charge in [0.25, 0.3) is 0 Å². The summed E-state index contributed by atoms with van der Waals surface area (Å²) >= 11 is 0. The Hall–Kier alpha value is -5.90. The van der Waals surface area contributed by atoms with Gasteiger partial charge < -0.3 is 0 Å². The molecule has 4 aromatic carbocycles. The van der Waals surface area contributed by atoms with Gasteiger partial charge in [-0.15, -0.1) is 0 Å². The molecule has 0 radical (unpaired) electrons. The van der Waals surface area contributed by atoms with Crippen LogP contribution >= 0.6 is 0 Å². The van der Waals surface area contributed by atoms with Crippen LogP contribution in [0, 0.1) is 13.8 Å². The third kappa shape index (κ3) is 5.24. The van der Waals surface area contributed by atoms with E-state index in [0.717, 1.165) is 57.2 Å². The van der Waals surface area contributed by atoms with Gasteiger partial charge in [-0.05, 0) is 55.3 Å². The largest absolute Gasteiger partial charge is 0.411 e. The average molecular weight is 689 g/mol. The van der Waals surface area contributed by atoms with Crippen molar-refractivity contribution in [3.63, 3.8) is 0 Å². The maximum absolute atomic E-state index is 15.2. The highest BCUT2D eigenvalue weighted by atomic mass is 19.4. The fraction of sp³-hybridized carbons (Fsp3) is 0.122. The molecule has 0 aliphatic carbocycles. The number of nitrogens with zero attached hydrogens (tertiary/aromatic N) is 4. The molecule has 4 nitrogen and oxygen atoms in total. The van der Waals surface area contributed by atoms with E-state index in [1.54, 1.807) is 24.3 Å². The highest BCUT2D eigenvalue weighted by molar-refractivity contribution is 6.04. The van der Waals surface area contributed by atoms with Gasteiger partial charge in [0.2, 0.25) is 5.41 Å². The van der Waals surface area contributed by atoms with Crippen molar-refractivity contribution in [2.24, 2.45) is 0 Å². The quantitative estimate of drug-likeness (QED) is 0.136. The molecule has 0 saturated heterocycles. The molecular formula is C41H26F6N4. The molecule has 0 saturated carbocycles. The second-order valence-corrected chi connectivity index (χ2v) is 12.6. The van der Waals surface area contributed by atoms with Crippen LogP contribution in [0.2, 0.25) is 0 Å². The monoisotopic (exact) mass is 688 g/mol. The van der Waals surface area contributed by atoms with Gasteiger partial charge in [0, 0.05) is 44.1 Å². The molecule has 0 atom stereocenters. The molecule has 4 heterocycles. The zero-order valence-electron chi connectivity index (χ0n) is 27.1. The van der Waals surface area contributed by atoms with Gasteiger partial charge in [-0.1, -0.05) is 91.0 Å². The first-order chi connectivity index (χ1) is 24.3. The summed E-state index contributed by atoms with van der Waals surface area (Å²) in [7, 11) is 0. The topological polar surface area (TPSA) is 51.6 Å². The summed E-state index contributed by atoms with van der Waals surface area (Å²) < 4.78 is 91.3. The van der Waals surface area contributed by atoms with Crippen molar-refractivity contribution >= 4 is 43.6 Å². The molecule has 51 heavy (non-hydrogen) atoms. The number of hydrogen-bond acceptors (Lipinski definition) is 4. The number of pyridine rings is 4. The molecule has 8 aromatic rings. The van der Waals surface area contributed by atoms with Crippen molar-refractivity contribution in [1.82, 2.24) is 19.9 Å². The third-order valence-corrected chi connectivity index (χ3v) is 9.37. The lowest BCUT2D eigenvalue weighted by Gasteiger charge is -2.38. The van der Waals surface area contributed by atoms with E-state index >= 15 is 26.3 Å². The van der Waals surface area contributed by atoms with Crippen LogP contribution in [0.4, 0.5) is 26.3 Å². The van der Waals surface area contributed by atoms with Crippen molar-refractivity contribution in [2.75, 3.05) is 0 Å². The highest BCUT2D eigenvalue weighted by Crippen LogP contribution is 2.56. The predicted octanol–water partition coefficient (Wildman–Crippen LogP) is 11.2. The minimum atomic E-state index is -5.76. The predicted molar refractivity (Wildman–Crippen MR) is 187 cm³/mol. The van der Waals surface area contributed by atoms with E-state index in [4.69, 9.17) is 4.98 Å². The van der Waals surface area contributed by atoms with Crippen LogP contribution < -0.4 is 0 Å². The van der Waals surface area contributed by atoms with Gasteiger partial charge in [-0.3, -0.25) is 9.97 Å². The molecule has 0 aliphatic heterocycles. The number of alkyl halides is 6. The van der Waals surface area contributed by atoms with Crippen molar-refractivity contribution < 1.29 is 26.3 Å². The van der Waals surface area contributed by atoms with Crippen LogP contribution in [-0.2, 0) is 5.41 Å². The van der Waals surface area contributed by atoms with Crippen molar-refractivity contribution in [1.29, 1.82) is 0 Å². The Kier molecular flexibility index (Phi) is 7.34. The Bertz CT molecular complexity index is 2630. The smallest absolute Gasteiger partial charge is 0.251 e. The molecule has 8 rings (SSSR count). The normalized spacial score (nSPS) is 12.7. The van der Waals surface area contributed by atoms with Crippen LogP contribution in [0.1, 0.15) is 22.5 Å². The number of aryl methyl sites for hydroxylation is 2. The summed E-state index contributed by atoms with van der Waals surface area (Å²) in [4.78, 5) is 18.6. The second-order valence-electron chi connectivity index (χ2n) is 12.6. The highest BCUT2D eigenvalue weighted by Gasteiger charge is 2.72. The van der Waals surface area contributed by atoms with Crippen LogP contribution in [-0.4, -0.2) is 32.3 Å². The van der Waals surface area contributed by atoms with Crippen LogP contribution in [0.25, 0.3) is 66.1 Å². The number of rotatable bonds is 4. The Balaban J connectivity index is 1.26. The molecular weight excluding hydrogens is 662 g/mol.